The van der Waals surface area contributed by atoms with Crippen LogP contribution in [0.15, 0.2) is 0 Å². The van der Waals surface area contributed by atoms with Crippen molar-refractivity contribution in [2.75, 3.05) is 6.26 Å². The third-order valence-corrected chi connectivity index (χ3v) is 3.32. The molecule has 0 aliphatic carbocycles. The van der Waals surface area contributed by atoms with Crippen LogP contribution in [0.1, 0.15) is 20.3 Å². The van der Waals surface area contributed by atoms with Gasteiger partial charge in [-0.05, 0) is 13.3 Å². The molecule has 0 saturated heterocycles. The zero-order valence-electron chi connectivity index (χ0n) is 6.53. The fourth-order valence-corrected chi connectivity index (χ4v) is 2.32. The van der Waals surface area contributed by atoms with Crippen LogP contribution < -0.4 is 0 Å². The third kappa shape index (κ3) is 2.66. The highest BCUT2D eigenvalue weighted by atomic mass is 32.2. The van der Waals surface area contributed by atoms with E-state index in [-0.39, 0.29) is 0 Å². The fraction of sp³-hybridized carbons (Fsp3) is 1.00. The lowest BCUT2D eigenvalue weighted by Crippen LogP contribution is -2.30. The Kier molecular flexibility index (Phi) is 3.31. The summed E-state index contributed by atoms with van der Waals surface area (Å²) in [7, 11) is -3.06. The lowest BCUT2D eigenvalue weighted by Gasteiger charge is -2.14. The molecule has 4 heteroatoms. The average molecular weight is 166 g/mol. The molecule has 0 saturated carbocycles. The zero-order chi connectivity index (χ0) is 8.36. The lowest BCUT2D eigenvalue weighted by molar-refractivity contribution is 0.186. The molecule has 0 aliphatic rings. The minimum Gasteiger partial charge on any atom is -0.392 e. The van der Waals surface area contributed by atoms with Crippen molar-refractivity contribution in [3.63, 3.8) is 0 Å². The van der Waals surface area contributed by atoms with Crippen LogP contribution in [-0.4, -0.2) is 31.1 Å². The van der Waals surface area contributed by atoms with E-state index in [0.717, 1.165) is 6.26 Å². The molecule has 2 atom stereocenters. The van der Waals surface area contributed by atoms with E-state index in [1.54, 1.807) is 6.92 Å². The van der Waals surface area contributed by atoms with Gasteiger partial charge in [-0.1, -0.05) is 6.92 Å². The highest BCUT2D eigenvalue weighted by Gasteiger charge is 2.23. The van der Waals surface area contributed by atoms with Gasteiger partial charge < -0.3 is 5.11 Å². The number of sulfone groups is 1. The number of aliphatic hydroxyl groups is 1. The van der Waals surface area contributed by atoms with Crippen LogP contribution in [0.2, 0.25) is 0 Å². The molecule has 62 valence electrons. The highest BCUT2D eigenvalue weighted by Crippen LogP contribution is 2.08. The predicted molar refractivity (Wildman–Crippen MR) is 40.6 cm³/mol. The second kappa shape index (κ2) is 3.34. The van der Waals surface area contributed by atoms with Gasteiger partial charge in [0.25, 0.3) is 0 Å². The van der Waals surface area contributed by atoms with Gasteiger partial charge in [0, 0.05) is 6.26 Å². The Morgan fingerprint density at radius 2 is 1.90 bits per heavy atom. The van der Waals surface area contributed by atoms with E-state index in [1.807, 2.05) is 0 Å². The Morgan fingerprint density at radius 1 is 1.50 bits per heavy atom. The van der Waals surface area contributed by atoms with Crippen LogP contribution in [0.25, 0.3) is 0 Å². The number of hydrogen-bond acceptors (Lipinski definition) is 3. The molecular formula is C6H14O3S. The maximum absolute atomic E-state index is 10.8. The molecule has 0 spiro atoms. The summed E-state index contributed by atoms with van der Waals surface area (Å²) in [6, 6.07) is 0. The molecule has 0 amide bonds. The first kappa shape index (κ1) is 9.91. The first-order valence-electron chi connectivity index (χ1n) is 3.26. The van der Waals surface area contributed by atoms with Crippen LogP contribution >= 0.6 is 0 Å². The van der Waals surface area contributed by atoms with E-state index in [0.29, 0.717) is 6.42 Å². The summed E-state index contributed by atoms with van der Waals surface area (Å²) in [5.74, 6) is 0. The largest absolute Gasteiger partial charge is 0.392 e. The SMILES string of the molecule is CCC(C(C)O)S(C)(=O)=O. The quantitative estimate of drug-likeness (QED) is 0.651. The van der Waals surface area contributed by atoms with Gasteiger partial charge in [-0.2, -0.15) is 0 Å². The molecule has 0 aromatic heterocycles. The van der Waals surface area contributed by atoms with Crippen molar-refractivity contribution < 1.29 is 13.5 Å². The van der Waals surface area contributed by atoms with E-state index in [4.69, 9.17) is 5.11 Å². The second-order valence-corrected chi connectivity index (χ2v) is 4.78. The number of hydrogen-bond donors (Lipinski definition) is 1. The van der Waals surface area contributed by atoms with E-state index >= 15 is 0 Å². The maximum atomic E-state index is 10.8. The first-order valence-corrected chi connectivity index (χ1v) is 5.22. The standard InChI is InChI=1S/C6H14O3S/c1-4-6(5(2)7)10(3,8)9/h5-7H,4H2,1-3H3. The van der Waals surface area contributed by atoms with Crippen molar-refractivity contribution in [2.24, 2.45) is 0 Å². The van der Waals surface area contributed by atoms with Crippen LogP contribution in [-0.2, 0) is 9.84 Å². The van der Waals surface area contributed by atoms with Crippen LogP contribution in [0.5, 0.6) is 0 Å². The smallest absolute Gasteiger partial charge is 0.152 e. The summed E-state index contributed by atoms with van der Waals surface area (Å²) in [5, 5.41) is 8.36. The summed E-state index contributed by atoms with van der Waals surface area (Å²) in [4.78, 5) is 0. The molecule has 3 nitrogen and oxygen atoms in total. The first-order chi connectivity index (χ1) is 4.39. The van der Waals surface area contributed by atoms with E-state index in [9.17, 15) is 8.42 Å². The van der Waals surface area contributed by atoms with Gasteiger partial charge in [0.1, 0.15) is 0 Å². The van der Waals surface area contributed by atoms with Gasteiger partial charge in [0.2, 0.25) is 0 Å². The van der Waals surface area contributed by atoms with Gasteiger partial charge in [0.05, 0.1) is 11.4 Å². The average Bonchev–Trinajstić information content (AvgIpc) is 1.60. The molecule has 0 radical (unpaired) electrons. The monoisotopic (exact) mass is 166 g/mol. The molecule has 10 heavy (non-hydrogen) atoms. The number of rotatable bonds is 3. The second-order valence-electron chi connectivity index (χ2n) is 2.52. The maximum Gasteiger partial charge on any atom is 0.152 e. The molecule has 0 bridgehead atoms. The van der Waals surface area contributed by atoms with Crippen LogP contribution in [0, 0.1) is 0 Å². The van der Waals surface area contributed by atoms with E-state index < -0.39 is 21.2 Å². The minimum absolute atomic E-state index is 0.469. The van der Waals surface area contributed by atoms with Crippen LogP contribution in [0.3, 0.4) is 0 Å². The Morgan fingerprint density at radius 3 is 1.90 bits per heavy atom. The molecule has 0 heterocycles. The number of aliphatic hydroxyl groups excluding tert-OH is 1. The molecule has 0 fully saturated rings. The summed E-state index contributed by atoms with van der Waals surface area (Å²) in [6.07, 6.45) is 0.852. The summed E-state index contributed by atoms with van der Waals surface area (Å²) >= 11 is 0. The summed E-state index contributed by atoms with van der Waals surface area (Å²) in [6.45, 7) is 3.24. The van der Waals surface area contributed by atoms with Gasteiger partial charge in [-0.3, -0.25) is 0 Å². The molecule has 0 aromatic carbocycles. The minimum atomic E-state index is -3.06. The molecule has 2 unspecified atom stereocenters. The van der Waals surface area contributed by atoms with Gasteiger partial charge in [0.15, 0.2) is 9.84 Å². The molecular weight excluding hydrogens is 152 g/mol. The molecule has 0 aromatic rings. The fourth-order valence-electron chi connectivity index (χ4n) is 1.00. The Balaban J connectivity index is 4.38. The lowest BCUT2D eigenvalue weighted by atomic mass is 10.2. The zero-order valence-corrected chi connectivity index (χ0v) is 7.35. The van der Waals surface area contributed by atoms with Gasteiger partial charge in [-0.15, -0.1) is 0 Å². The Bertz CT molecular complexity index is 181. The van der Waals surface area contributed by atoms with E-state index in [2.05, 4.69) is 0 Å². The molecule has 1 N–H and O–H groups in total. The Labute approximate surface area is 62.0 Å². The topological polar surface area (TPSA) is 54.4 Å². The van der Waals surface area contributed by atoms with Crippen molar-refractivity contribution in [3.05, 3.63) is 0 Å². The summed E-state index contributed by atoms with van der Waals surface area (Å²) in [5.41, 5.74) is 0. The van der Waals surface area contributed by atoms with E-state index in [1.165, 1.54) is 6.92 Å². The highest BCUT2D eigenvalue weighted by molar-refractivity contribution is 7.91. The van der Waals surface area contributed by atoms with Crippen molar-refractivity contribution in [2.45, 2.75) is 31.6 Å². The molecule has 0 rings (SSSR count). The summed E-state index contributed by atoms with van der Waals surface area (Å²) < 4.78 is 21.7. The van der Waals surface area contributed by atoms with Gasteiger partial charge >= 0.3 is 0 Å². The van der Waals surface area contributed by atoms with Crippen molar-refractivity contribution in [1.82, 2.24) is 0 Å². The van der Waals surface area contributed by atoms with Crippen molar-refractivity contribution in [3.8, 4) is 0 Å². The predicted octanol–water partition coefficient (Wildman–Crippen LogP) is 0.190. The van der Waals surface area contributed by atoms with Crippen molar-refractivity contribution in [1.29, 1.82) is 0 Å². The molecule has 0 aliphatic heterocycles. The van der Waals surface area contributed by atoms with Gasteiger partial charge in [-0.25, -0.2) is 8.42 Å². The Hall–Kier alpha value is -0.0900. The normalized spacial score (nSPS) is 18.4. The third-order valence-electron chi connectivity index (χ3n) is 1.49. The van der Waals surface area contributed by atoms with Crippen molar-refractivity contribution >= 4 is 9.84 Å². The van der Waals surface area contributed by atoms with Crippen LogP contribution in [0.4, 0.5) is 0 Å².